The van der Waals surface area contributed by atoms with Gasteiger partial charge >= 0.3 is 18.1 Å². The highest BCUT2D eigenvalue weighted by molar-refractivity contribution is 5.76. The van der Waals surface area contributed by atoms with Crippen LogP contribution >= 0.6 is 0 Å². The fourth-order valence-electron chi connectivity index (χ4n) is 2.77. The second-order valence-electron chi connectivity index (χ2n) is 6.78. The van der Waals surface area contributed by atoms with Crippen LogP contribution in [-0.2, 0) is 11.0 Å². The fraction of sp³-hybridized carbons (Fsp3) is 0.200. The van der Waals surface area contributed by atoms with E-state index in [-0.39, 0.29) is 5.95 Å². The summed E-state index contributed by atoms with van der Waals surface area (Å²) in [6.45, 7) is 1.72. The van der Waals surface area contributed by atoms with Gasteiger partial charge in [-0.05, 0) is 42.3 Å². The summed E-state index contributed by atoms with van der Waals surface area (Å²) >= 11 is 0. The highest BCUT2D eigenvalue weighted by atomic mass is 19.4. The maximum absolute atomic E-state index is 13.5. The Morgan fingerprint density at radius 1 is 1.03 bits per heavy atom. The third-order valence-corrected chi connectivity index (χ3v) is 4.31. The molecule has 168 valence electrons. The van der Waals surface area contributed by atoms with E-state index in [0.29, 0.717) is 22.4 Å². The number of nitrogens with one attached hydrogen (secondary N) is 1. The minimum atomic E-state index is -4.63. The summed E-state index contributed by atoms with van der Waals surface area (Å²) in [6, 6.07) is 8.03. The van der Waals surface area contributed by atoms with Gasteiger partial charge in [-0.15, -0.1) is 0 Å². The van der Waals surface area contributed by atoms with Crippen molar-refractivity contribution in [1.29, 1.82) is 0 Å². The van der Waals surface area contributed by atoms with Gasteiger partial charge in [0.15, 0.2) is 6.10 Å². The van der Waals surface area contributed by atoms with Gasteiger partial charge in [0.05, 0.1) is 5.69 Å². The molecule has 0 spiro atoms. The predicted molar refractivity (Wildman–Crippen MR) is 102 cm³/mol. The van der Waals surface area contributed by atoms with Crippen molar-refractivity contribution in [2.75, 3.05) is 5.32 Å². The van der Waals surface area contributed by atoms with Gasteiger partial charge in [0.2, 0.25) is 5.95 Å². The quantitative estimate of drug-likeness (QED) is 0.475. The Morgan fingerprint density at radius 2 is 1.75 bits per heavy atom. The minimum absolute atomic E-state index is 0.274. The lowest BCUT2D eigenvalue weighted by Crippen LogP contribution is -2.35. The van der Waals surface area contributed by atoms with Crippen molar-refractivity contribution < 1.29 is 37.0 Å². The average molecular weight is 454 g/mol. The third kappa shape index (κ3) is 4.97. The number of benzene rings is 1. The summed E-state index contributed by atoms with van der Waals surface area (Å²) in [5, 5.41) is 20.8. The molecule has 3 rings (SSSR count). The molecule has 32 heavy (non-hydrogen) atoms. The molecule has 3 aromatic rings. The maximum Gasteiger partial charge on any atom is 0.433 e. The SMILES string of the molecule is Cc1cc(Nc2nccc(C(F)(F)F)n2)cc(-c2ccc(C(O)C(F)(F)C(=O)O)nc2)c1. The molecule has 1 unspecified atom stereocenters. The van der Waals surface area contributed by atoms with E-state index in [4.69, 9.17) is 5.11 Å². The molecule has 0 aliphatic heterocycles. The van der Waals surface area contributed by atoms with Crippen molar-refractivity contribution in [2.24, 2.45) is 0 Å². The molecule has 0 saturated carbocycles. The summed E-state index contributed by atoms with van der Waals surface area (Å²) in [7, 11) is 0. The number of rotatable bonds is 6. The molecule has 7 nitrogen and oxygen atoms in total. The largest absolute Gasteiger partial charge is 0.477 e. The topological polar surface area (TPSA) is 108 Å². The predicted octanol–water partition coefficient (Wildman–Crippen LogP) is 4.36. The van der Waals surface area contributed by atoms with Gasteiger partial charge in [-0.1, -0.05) is 12.1 Å². The zero-order valence-corrected chi connectivity index (χ0v) is 16.2. The third-order valence-electron chi connectivity index (χ3n) is 4.31. The van der Waals surface area contributed by atoms with Crippen molar-refractivity contribution in [3.05, 3.63) is 65.7 Å². The number of nitrogens with zero attached hydrogens (tertiary/aromatic N) is 3. The zero-order valence-electron chi connectivity index (χ0n) is 16.2. The lowest BCUT2D eigenvalue weighted by molar-refractivity contribution is -0.183. The molecule has 0 saturated heterocycles. The molecular weight excluding hydrogens is 439 g/mol. The number of aliphatic hydroxyl groups excluding tert-OH is 1. The number of carboxylic acid groups (broad SMARTS) is 1. The van der Waals surface area contributed by atoms with Crippen LogP contribution in [0.1, 0.15) is 23.1 Å². The van der Waals surface area contributed by atoms with Crippen LogP contribution in [0, 0.1) is 6.92 Å². The summed E-state index contributed by atoms with van der Waals surface area (Å²) in [5.41, 5.74) is 0.373. The fourth-order valence-corrected chi connectivity index (χ4v) is 2.77. The van der Waals surface area contributed by atoms with E-state index >= 15 is 0 Å². The lowest BCUT2D eigenvalue weighted by Gasteiger charge is -2.18. The van der Waals surface area contributed by atoms with Crippen molar-refractivity contribution >= 4 is 17.6 Å². The normalized spacial score (nSPS) is 13.0. The van der Waals surface area contributed by atoms with Crippen molar-refractivity contribution in [1.82, 2.24) is 15.0 Å². The smallest absolute Gasteiger partial charge is 0.433 e. The summed E-state index contributed by atoms with van der Waals surface area (Å²) in [6.07, 6.45) is -5.14. The number of carboxylic acids is 1. The Balaban J connectivity index is 1.87. The van der Waals surface area contributed by atoms with Crippen LogP contribution in [0.2, 0.25) is 0 Å². The summed E-state index contributed by atoms with van der Waals surface area (Å²) in [4.78, 5) is 21.5. The van der Waals surface area contributed by atoms with Gasteiger partial charge in [0, 0.05) is 23.6 Å². The highest BCUT2D eigenvalue weighted by Gasteiger charge is 2.48. The zero-order chi connectivity index (χ0) is 23.7. The lowest BCUT2D eigenvalue weighted by atomic mass is 10.0. The van der Waals surface area contributed by atoms with Crippen LogP contribution in [0.4, 0.5) is 33.6 Å². The maximum atomic E-state index is 13.5. The van der Waals surface area contributed by atoms with E-state index in [1.165, 1.54) is 6.07 Å². The number of pyridine rings is 1. The first kappa shape index (κ1) is 23.0. The first-order valence-corrected chi connectivity index (χ1v) is 8.92. The Morgan fingerprint density at radius 3 is 2.34 bits per heavy atom. The molecule has 0 bridgehead atoms. The molecule has 1 atom stereocenters. The molecule has 2 aromatic heterocycles. The first-order chi connectivity index (χ1) is 14.9. The molecule has 12 heteroatoms. The van der Waals surface area contributed by atoms with Crippen LogP contribution in [-0.4, -0.2) is 37.1 Å². The molecule has 0 amide bonds. The molecule has 2 heterocycles. The number of hydrogen-bond acceptors (Lipinski definition) is 6. The van der Waals surface area contributed by atoms with E-state index in [0.717, 1.165) is 24.5 Å². The standard InChI is InChI=1S/C20H15F5N4O3/c1-10-6-12(11-2-3-14(27-9-11)16(30)19(21,22)17(31)32)8-13(7-10)28-18-26-5-4-15(29-18)20(23,24)25/h2-9,16,30H,1H3,(H,31,32)(H,26,28,29). The first-order valence-electron chi connectivity index (χ1n) is 8.92. The Hall–Kier alpha value is -3.67. The van der Waals surface area contributed by atoms with E-state index in [9.17, 15) is 31.9 Å². The molecule has 0 radical (unpaired) electrons. The number of halogens is 5. The number of aliphatic carboxylic acids is 1. The average Bonchev–Trinajstić information content (AvgIpc) is 2.72. The van der Waals surface area contributed by atoms with Crippen LogP contribution in [0.5, 0.6) is 0 Å². The van der Waals surface area contributed by atoms with Crippen molar-refractivity contribution in [3.8, 4) is 11.1 Å². The molecule has 3 N–H and O–H groups in total. The number of carbonyl (C=O) groups is 1. The molecular formula is C20H15F5N4O3. The van der Waals surface area contributed by atoms with Crippen LogP contribution in [0.25, 0.3) is 11.1 Å². The van der Waals surface area contributed by atoms with E-state index < -0.39 is 35.6 Å². The van der Waals surface area contributed by atoms with Gasteiger partial charge in [-0.3, -0.25) is 4.98 Å². The number of aromatic nitrogens is 3. The Labute approximate surface area is 177 Å². The number of hydrogen-bond donors (Lipinski definition) is 3. The number of aliphatic hydroxyl groups is 1. The van der Waals surface area contributed by atoms with Gasteiger partial charge in [0.25, 0.3) is 0 Å². The van der Waals surface area contributed by atoms with E-state index in [2.05, 4.69) is 20.3 Å². The second-order valence-corrected chi connectivity index (χ2v) is 6.78. The van der Waals surface area contributed by atoms with Gasteiger partial charge < -0.3 is 15.5 Å². The van der Waals surface area contributed by atoms with Crippen LogP contribution in [0.3, 0.4) is 0 Å². The van der Waals surface area contributed by atoms with E-state index in [1.54, 1.807) is 25.1 Å². The van der Waals surface area contributed by atoms with E-state index in [1.807, 2.05) is 0 Å². The van der Waals surface area contributed by atoms with Crippen LogP contribution < -0.4 is 5.32 Å². The summed E-state index contributed by atoms with van der Waals surface area (Å²) in [5.74, 6) is -7.18. The molecule has 0 fully saturated rings. The summed E-state index contributed by atoms with van der Waals surface area (Å²) < 4.78 is 65.5. The minimum Gasteiger partial charge on any atom is -0.477 e. The number of aryl methyl sites for hydroxylation is 1. The number of anilines is 2. The molecule has 0 aliphatic rings. The molecule has 0 aliphatic carbocycles. The Kier molecular flexibility index (Phi) is 6.08. The highest BCUT2D eigenvalue weighted by Crippen LogP contribution is 2.32. The second kappa shape index (κ2) is 8.46. The van der Waals surface area contributed by atoms with Gasteiger partial charge in [-0.2, -0.15) is 22.0 Å². The number of alkyl halides is 5. The van der Waals surface area contributed by atoms with Crippen LogP contribution in [0.15, 0.2) is 48.8 Å². The Bertz CT molecular complexity index is 1140. The van der Waals surface area contributed by atoms with Crippen molar-refractivity contribution in [2.45, 2.75) is 25.1 Å². The monoisotopic (exact) mass is 454 g/mol. The van der Waals surface area contributed by atoms with Gasteiger partial charge in [0.1, 0.15) is 5.69 Å². The van der Waals surface area contributed by atoms with Crippen molar-refractivity contribution in [3.63, 3.8) is 0 Å². The molecule has 1 aromatic carbocycles. The van der Waals surface area contributed by atoms with Gasteiger partial charge in [-0.25, -0.2) is 14.8 Å².